The summed E-state index contributed by atoms with van der Waals surface area (Å²) < 4.78 is 0.223. The third-order valence-electron chi connectivity index (χ3n) is 1.88. The molecule has 1 nitrogen and oxygen atoms in total. The van der Waals surface area contributed by atoms with E-state index < -0.39 is 0 Å². The average molecular weight is 274 g/mol. The lowest BCUT2D eigenvalue weighted by Gasteiger charge is -2.09. The van der Waals surface area contributed by atoms with E-state index in [-0.39, 0.29) is 9.71 Å². The summed E-state index contributed by atoms with van der Waals surface area (Å²) in [6.45, 7) is 2.04. The van der Waals surface area contributed by atoms with Gasteiger partial charge in [-0.2, -0.15) is 0 Å². The first-order valence-corrected chi connectivity index (χ1v) is 5.08. The lowest BCUT2D eigenvalue weighted by Crippen LogP contribution is -2.03. The smallest absolute Gasteiger partial charge is 0.199 e. The first-order valence-electron chi connectivity index (χ1n) is 4.00. The zero-order chi connectivity index (χ0) is 8.97. The summed E-state index contributed by atoms with van der Waals surface area (Å²) in [6.07, 6.45) is 0.881. The van der Waals surface area contributed by atoms with Crippen LogP contribution in [0.5, 0.6) is 0 Å². The molecule has 0 radical (unpaired) electrons. The lowest BCUT2D eigenvalue weighted by molar-refractivity contribution is -0.110. The summed E-state index contributed by atoms with van der Waals surface area (Å²) in [5, 5.41) is 0. The number of rotatable bonds is 3. The van der Waals surface area contributed by atoms with Gasteiger partial charge in [0.25, 0.3) is 0 Å². The average Bonchev–Trinajstić information content (AvgIpc) is 2.07. The van der Waals surface area contributed by atoms with Gasteiger partial charge in [0, 0.05) is 22.6 Å². The molecule has 2 heteroatoms. The number of hydrogen-bond donors (Lipinski definition) is 0. The van der Waals surface area contributed by atoms with Crippen LogP contribution in [0, 0.1) is 0 Å². The van der Waals surface area contributed by atoms with Crippen molar-refractivity contribution in [1.82, 2.24) is 0 Å². The third kappa shape index (κ3) is 2.30. The van der Waals surface area contributed by atoms with E-state index in [4.69, 9.17) is 0 Å². The van der Waals surface area contributed by atoms with E-state index in [1.54, 1.807) is 0 Å². The highest BCUT2D eigenvalue weighted by atomic mass is 127. The van der Waals surface area contributed by atoms with Crippen LogP contribution in [0.1, 0.15) is 24.8 Å². The fourth-order valence-corrected chi connectivity index (χ4v) is 2.01. The van der Waals surface area contributed by atoms with Crippen LogP contribution in [0.25, 0.3) is 0 Å². The Morgan fingerprint density at radius 1 is 1.42 bits per heavy atom. The van der Waals surface area contributed by atoms with Crippen molar-refractivity contribution in [3.63, 3.8) is 0 Å². The number of hydrogen-bond acceptors (Lipinski definition) is 1. The maximum Gasteiger partial charge on any atom is 0.199 e. The molecule has 0 aromatic heterocycles. The molecule has 1 aromatic rings. The zero-order valence-corrected chi connectivity index (χ0v) is 9.11. The van der Waals surface area contributed by atoms with Crippen molar-refractivity contribution in [3.8, 4) is 0 Å². The van der Waals surface area contributed by atoms with E-state index in [0.717, 1.165) is 12.0 Å². The van der Waals surface area contributed by atoms with Crippen LogP contribution in [0.4, 0.5) is 0 Å². The largest absolute Gasteiger partial charge is 0.287 e. The Labute approximate surface area is 86.3 Å². The molecular formula is C10H11IO. The van der Waals surface area contributed by atoms with Crippen molar-refractivity contribution in [1.29, 1.82) is 0 Å². The van der Waals surface area contributed by atoms with Crippen molar-refractivity contribution >= 4 is 26.4 Å². The van der Waals surface area contributed by atoms with Crippen molar-refractivity contribution < 1.29 is 4.79 Å². The Morgan fingerprint density at radius 3 is 2.42 bits per heavy atom. The molecule has 1 atom stereocenters. The Hall–Kier alpha value is -0.380. The van der Waals surface area contributed by atoms with Gasteiger partial charge in [0.15, 0.2) is 3.79 Å². The van der Waals surface area contributed by atoms with E-state index in [9.17, 15) is 4.79 Å². The number of carbonyl (C=O) groups is 1. The first-order chi connectivity index (χ1) is 5.75. The van der Waals surface area contributed by atoms with Gasteiger partial charge < -0.3 is 0 Å². The van der Waals surface area contributed by atoms with Gasteiger partial charge in [-0.15, -0.1) is 0 Å². The van der Waals surface area contributed by atoms with Crippen LogP contribution in [0.3, 0.4) is 0 Å². The summed E-state index contributed by atoms with van der Waals surface area (Å²) >= 11 is 1.87. The van der Waals surface area contributed by atoms with E-state index >= 15 is 0 Å². The molecule has 0 saturated carbocycles. The molecule has 0 fully saturated rings. The van der Waals surface area contributed by atoms with Crippen molar-refractivity contribution in [2.75, 3.05) is 0 Å². The lowest BCUT2D eigenvalue weighted by atomic mass is 9.98. The van der Waals surface area contributed by atoms with E-state index in [2.05, 4.69) is 0 Å². The van der Waals surface area contributed by atoms with Crippen molar-refractivity contribution in [3.05, 3.63) is 35.9 Å². The highest BCUT2D eigenvalue weighted by molar-refractivity contribution is 14.1. The van der Waals surface area contributed by atoms with Gasteiger partial charge >= 0.3 is 0 Å². The molecule has 0 spiro atoms. The molecule has 0 heterocycles. The molecule has 1 rings (SSSR count). The van der Waals surface area contributed by atoms with Gasteiger partial charge in [0.05, 0.1) is 5.92 Å². The zero-order valence-electron chi connectivity index (χ0n) is 6.96. The molecule has 1 aromatic carbocycles. The maximum atomic E-state index is 11.2. The van der Waals surface area contributed by atoms with E-state index in [1.165, 1.54) is 0 Å². The molecule has 0 aliphatic heterocycles. The molecule has 0 amide bonds. The first kappa shape index (κ1) is 9.71. The van der Waals surface area contributed by atoms with Crippen LogP contribution in [-0.2, 0) is 4.79 Å². The summed E-state index contributed by atoms with van der Waals surface area (Å²) in [5.74, 6) is 0.0757. The van der Waals surface area contributed by atoms with Gasteiger partial charge in [-0.25, -0.2) is 0 Å². The molecular weight excluding hydrogens is 263 g/mol. The Balaban J connectivity index is 2.88. The van der Waals surface area contributed by atoms with Gasteiger partial charge in [-0.3, -0.25) is 4.79 Å². The Morgan fingerprint density at radius 2 is 2.00 bits per heavy atom. The van der Waals surface area contributed by atoms with Gasteiger partial charge in [-0.05, 0) is 12.0 Å². The number of benzene rings is 1. The highest BCUT2D eigenvalue weighted by Crippen LogP contribution is 2.22. The minimum Gasteiger partial charge on any atom is -0.287 e. The number of carbonyl (C=O) groups excluding carboxylic acids is 1. The minimum absolute atomic E-state index is 0.0757. The van der Waals surface area contributed by atoms with Gasteiger partial charge in [0.1, 0.15) is 0 Å². The van der Waals surface area contributed by atoms with E-state index in [1.807, 2.05) is 59.8 Å². The normalized spacial score (nSPS) is 12.5. The summed E-state index contributed by atoms with van der Waals surface area (Å²) in [6, 6.07) is 9.92. The van der Waals surface area contributed by atoms with Crippen LogP contribution in [-0.4, -0.2) is 3.79 Å². The molecule has 12 heavy (non-hydrogen) atoms. The van der Waals surface area contributed by atoms with Gasteiger partial charge in [-0.1, -0.05) is 37.3 Å². The fraction of sp³-hybridized carbons (Fsp3) is 0.300. The van der Waals surface area contributed by atoms with Crippen LogP contribution in [0.2, 0.25) is 0 Å². The molecule has 0 N–H and O–H groups in total. The van der Waals surface area contributed by atoms with Crippen LogP contribution < -0.4 is 0 Å². The Bertz CT molecular complexity index is 256. The quantitative estimate of drug-likeness (QED) is 0.611. The fourth-order valence-electron chi connectivity index (χ4n) is 1.21. The second-order valence-electron chi connectivity index (χ2n) is 2.68. The molecule has 0 unspecified atom stereocenters. The predicted molar refractivity (Wildman–Crippen MR) is 58.5 cm³/mol. The third-order valence-corrected chi connectivity index (χ3v) is 2.64. The maximum absolute atomic E-state index is 11.2. The summed E-state index contributed by atoms with van der Waals surface area (Å²) in [5.41, 5.74) is 1.12. The number of halogens is 1. The summed E-state index contributed by atoms with van der Waals surface area (Å²) in [4.78, 5) is 11.2. The molecule has 0 aliphatic rings. The standard InChI is InChI=1S/C10H11IO/c1-2-9(10(11)12)8-6-4-3-5-7-8/h3-7,9H,2H2,1H3/t9-/m1/s1. The van der Waals surface area contributed by atoms with Crippen molar-refractivity contribution in [2.24, 2.45) is 0 Å². The van der Waals surface area contributed by atoms with Crippen LogP contribution >= 0.6 is 22.6 Å². The Kier molecular flexibility index (Phi) is 3.72. The molecule has 0 aliphatic carbocycles. The second kappa shape index (κ2) is 4.60. The SMILES string of the molecule is CC[C@@H](C(=O)I)c1ccccc1. The molecule has 0 bridgehead atoms. The predicted octanol–water partition coefficient (Wildman–Crippen LogP) is 3.14. The molecule has 0 saturated heterocycles. The second-order valence-corrected chi connectivity index (χ2v) is 3.74. The molecule has 64 valence electrons. The van der Waals surface area contributed by atoms with Gasteiger partial charge in [0.2, 0.25) is 0 Å². The van der Waals surface area contributed by atoms with E-state index in [0.29, 0.717) is 0 Å². The monoisotopic (exact) mass is 274 g/mol. The van der Waals surface area contributed by atoms with Crippen LogP contribution in [0.15, 0.2) is 30.3 Å². The highest BCUT2D eigenvalue weighted by Gasteiger charge is 2.14. The summed E-state index contributed by atoms with van der Waals surface area (Å²) in [7, 11) is 0. The van der Waals surface area contributed by atoms with Crippen molar-refractivity contribution in [2.45, 2.75) is 19.3 Å². The topological polar surface area (TPSA) is 17.1 Å². The minimum atomic E-state index is 0.0757.